The maximum atomic E-state index is 13.1. The molecule has 7 nitrogen and oxygen atoms in total. The largest absolute Gasteiger partial charge is 0.497 e. The third-order valence-electron chi connectivity index (χ3n) is 6.61. The number of thiophene rings is 1. The Morgan fingerprint density at radius 2 is 2.03 bits per heavy atom. The molecule has 0 aliphatic carbocycles. The molecule has 0 bridgehead atoms. The molecule has 0 radical (unpaired) electrons. The molecule has 0 unspecified atom stereocenters. The molecular formula is C25H30N4O3S. The third kappa shape index (κ3) is 4.69. The maximum absolute atomic E-state index is 13.1. The Morgan fingerprint density at radius 1 is 1.24 bits per heavy atom. The highest BCUT2D eigenvalue weighted by Crippen LogP contribution is 2.40. The summed E-state index contributed by atoms with van der Waals surface area (Å²) in [7, 11) is 1.64. The number of likely N-dealkylation sites (tertiary alicyclic amines) is 1. The lowest BCUT2D eigenvalue weighted by molar-refractivity contribution is -0.174. The number of nitrogens with one attached hydrogen (secondary N) is 1. The predicted octanol–water partition coefficient (Wildman–Crippen LogP) is 3.47. The number of imidazole rings is 1. The Kier molecular flexibility index (Phi) is 6.23. The number of methoxy groups -OCH3 is 1. The van der Waals surface area contributed by atoms with Crippen LogP contribution in [0.25, 0.3) is 0 Å². The van der Waals surface area contributed by atoms with Crippen LogP contribution in [0.3, 0.4) is 0 Å². The van der Waals surface area contributed by atoms with Gasteiger partial charge in [0.2, 0.25) is 0 Å². The number of amides is 1. The van der Waals surface area contributed by atoms with Gasteiger partial charge in [-0.2, -0.15) is 0 Å². The van der Waals surface area contributed by atoms with Crippen LogP contribution in [0, 0.1) is 6.92 Å². The lowest BCUT2D eigenvalue weighted by Crippen LogP contribution is -2.53. The summed E-state index contributed by atoms with van der Waals surface area (Å²) in [6.07, 6.45) is 4.91. The molecule has 1 atom stereocenters. The van der Waals surface area contributed by atoms with Gasteiger partial charge in [-0.05, 0) is 49.6 Å². The molecule has 1 aromatic carbocycles. The number of aromatic nitrogens is 2. The number of piperidine rings is 1. The Hall–Kier alpha value is -2.68. The van der Waals surface area contributed by atoms with Crippen molar-refractivity contribution in [1.29, 1.82) is 0 Å². The number of aryl methyl sites for hydroxylation is 1. The van der Waals surface area contributed by atoms with Crippen molar-refractivity contribution < 1.29 is 14.3 Å². The van der Waals surface area contributed by atoms with E-state index in [1.165, 1.54) is 9.75 Å². The zero-order valence-corrected chi connectivity index (χ0v) is 19.9. The molecule has 2 aliphatic rings. The van der Waals surface area contributed by atoms with Gasteiger partial charge in [-0.1, -0.05) is 12.1 Å². The van der Waals surface area contributed by atoms with Gasteiger partial charge < -0.3 is 19.4 Å². The predicted molar refractivity (Wildman–Crippen MR) is 127 cm³/mol. The molecular weight excluding hydrogens is 436 g/mol. The standard InChI is InChI=1S/C25H30N4O3S/c1-18-3-8-21(33-18)16-28-12-9-25(10-13-28)24-26-11-14-29(24)17-22(32-25)23(30)27-15-19-4-6-20(31-2)7-5-19/h3-8,11,14,22H,9-10,12-13,15-17H2,1-2H3,(H,27,30)/t22-/m1/s1. The van der Waals surface area contributed by atoms with Crippen molar-refractivity contribution in [3.63, 3.8) is 0 Å². The van der Waals surface area contributed by atoms with Crippen molar-refractivity contribution in [1.82, 2.24) is 19.8 Å². The Morgan fingerprint density at radius 3 is 2.73 bits per heavy atom. The van der Waals surface area contributed by atoms with Crippen LogP contribution < -0.4 is 10.1 Å². The van der Waals surface area contributed by atoms with Gasteiger partial charge in [0.05, 0.1) is 13.7 Å². The molecule has 5 rings (SSSR count). The van der Waals surface area contributed by atoms with Crippen LogP contribution >= 0.6 is 11.3 Å². The van der Waals surface area contributed by atoms with E-state index in [9.17, 15) is 4.79 Å². The molecule has 1 amide bonds. The van der Waals surface area contributed by atoms with E-state index in [-0.39, 0.29) is 5.91 Å². The summed E-state index contributed by atoms with van der Waals surface area (Å²) in [4.78, 5) is 22.9. The topological polar surface area (TPSA) is 68.6 Å². The normalized spacial score (nSPS) is 19.9. The van der Waals surface area contributed by atoms with Gasteiger partial charge in [0, 0.05) is 48.3 Å². The molecule has 4 heterocycles. The van der Waals surface area contributed by atoms with Gasteiger partial charge in [-0.3, -0.25) is 9.69 Å². The number of hydrogen-bond acceptors (Lipinski definition) is 6. The lowest BCUT2D eigenvalue weighted by atomic mass is 9.88. The second kappa shape index (κ2) is 9.29. The SMILES string of the molecule is COc1ccc(CNC(=O)[C@H]2Cn3ccnc3C3(CCN(Cc4ccc(C)s4)CC3)O2)cc1. The maximum Gasteiger partial charge on any atom is 0.251 e. The van der Waals surface area contributed by atoms with Crippen LogP contribution in [0.4, 0.5) is 0 Å². The minimum atomic E-state index is -0.531. The molecule has 3 aromatic rings. The quantitative estimate of drug-likeness (QED) is 0.603. The van der Waals surface area contributed by atoms with Gasteiger partial charge in [0.1, 0.15) is 17.2 Å². The lowest BCUT2D eigenvalue weighted by Gasteiger charge is -2.45. The van der Waals surface area contributed by atoms with Crippen molar-refractivity contribution in [2.45, 2.75) is 51.1 Å². The Bertz CT molecular complexity index is 1100. The van der Waals surface area contributed by atoms with Crippen LogP contribution in [0.2, 0.25) is 0 Å². The van der Waals surface area contributed by atoms with Crippen LogP contribution in [0.1, 0.15) is 34.0 Å². The molecule has 1 N–H and O–H groups in total. The van der Waals surface area contributed by atoms with E-state index < -0.39 is 11.7 Å². The molecule has 2 aromatic heterocycles. The fourth-order valence-corrected chi connectivity index (χ4v) is 5.72. The second-order valence-corrected chi connectivity index (χ2v) is 10.2. The number of ether oxygens (including phenoxy) is 2. The van der Waals surface area contributed by atoms with Crippen LogP contribution in [0.5, 0.6) is 5.75 Å². The van der Waals surface area contributed by atoms with E-state index in [4.69, 9.17) is 9.47 Å². The number of rotatable bonds is 6. The zero-order chi connectivity index (χ0) is 22.8. The first-order valence-electron chi connectivity index (χ1n) is 11.4. The highest BCUT2D eigenvalue weighted by molar-refractivity contribution is 7.11. The van der Waals surface area contributed by atoms with Crippen molar-refractivity contribution in [2.24, 2.45) is 0 Å². The average molecular weight is 467 g/mol. The first-order chi connectivity index (χ1) is 16.0. The summed E-state index contributed by atoms with van der Waals surface area (Å²) in [6.45, 7) is 5.90. The summed E-state index contributed by atoms with van der Waals surface area (Å²) in [5.74, 6) is 1.67. The summed E-state index contributed by atoms with van der Waals surface area (Å²) < 4.78 is 13.8. The van der Waals surface area contributed by atoms with Gasteiger partial charge in [0.25, 0.3) is 5.91 Å². The smallest absolute Gasteiger partial charge is 0.251 e. The number of benzene rings is 1. The molecule has 33 heavy (non-hydrogen) atoms. The molecule has 174 valence electrons. The van der Waals surface area contributed by atoms with Crippen LogP contribution in [-0.2, 0) is 34.8 Å². The molecule has 1 spiro atoms. The van der Waals surface area contributed by atoms with Crippen molar-refractivity contribution in [3.05, 3.63) is 69.9 Å². The first-order valence-corrected chi connectivity index (χ1v) is 12.2. The second-order valence-electron chi connectivity index (χ2n) is 8.86. The first kappa shape index (κ1) is 22.1. The number of nitrogens with zero attached hydrogens (tertiary/aromatic N) is 3. The fraction of sp³-hybridized carbons (Fsp3) is 0.440. The monoisotopic (exact) mass is 466 g/mol. The van der Waals surface area contributed by atoms with Crippen molar-refractivity contribution in [3.8, 4) is 5.75 Å². The van der Waals surface area contributed by atoms with Crippen LogP contribution in [0.15, 0.2) is 48.8 Å². The summed E-state index contributed by atoms with van der Waals surface area (Å²) in [6, 6.07) is 12.1. The van der Waals surface area contributed by atoms with Crippen molar-refractivity contribution >= 4 is 17.2 Å². The van der Waals surface area contributed by atoms with Gasteiger partial charge in [0.15, 0.2) is 6.10 Å². The zero-order valence-electron chi connectivity index (χ0n) is 19.1. The summed E-state index contributed by atoms with van der Waals surface area (Å²) in [5.41, 5.74) is 0.515. The molecule has 1 fully saturated rings. The molecule has 0 saturated carbocycles. The van der Waals surface area contributed by atoms with Crippen LogP contribution in [-0.4, -0.2) is 46.7 Å². The number of carbonyl (C=O) groups excluding carboxylic acids is 1. The minimum absolute atomic E-state index is 0.0824. The van der Waals surface area contributed by atoms with E-state index in [1.807, 2.05) is 48.0 Å². The number of hydrogen-bond donors (Lipinski definition) is 1. The third-order valence-corrected chi connectivity index (χ3v) is 7.60. The number of fused-ring (bicyclic) bond motifs is 2. The van der Waals surface area contributed by atoms with E-state index in [1.54, 1.807) is 7.11 Å². The number of carbonyl (C=O) groups is 1. The Labute approximate surface area is 198 Å². The summed E-state index contributed by atoms with van der Waals surface area (Å²) >= 11 is 1.86. The van der Waals surface area contributed by atoms with Gasteiger partial charge in [-0.25, -0.2) is 4.98 Å². The fourth-order valence-electron chi connectivity index (χ4n) is 4.78. The highest BCUT2D eigenvalue weighted by atomic mass is 32.1. The Balaban J connectivity index is 1.24. The van der Waals surface area contributed by atoms with Gasteiger partial charge in [-0.15, -0.1) is 11.3 Å². The molecule has 2 aliphatic heterocycles. The van der Waals surface area contributed by atoms with Crippen molar-refractivity contribution in [2.75, 3.05) is 20.2 Å². The molecule has 1 saturated heterocycles. The average Bonchev–Trinajstić information content (AvgIpc) is 3.48. The van der Waals surface area contributed by atoms with E-state index in [0.29, 0.717) is 13.1 Å². The van der Waals surface area contributed by atoms with E-state index in [0.717, 1.165) is 49.6 Å². The summed E-state index contributed by atoms with van der Waals surface area (Å²) in [5, 5.41) is 3.05. The van der Waals surface area contributed by atoms with E-state index in [2.05, 4.69) is 38.8 Å². The minimum Gasteiger partial charge on any atom is -0.497 e. The molecule has 8 heteroatoms. The van der Waals surface area contributed by atoms with E-state index >= 15 is 0 Å². The van der Waals surface area contributed by atoms with Gasteiger partial charge >= 0.3 is 0 Å². The highest BCUT2D eigenvalue weighted by Gasteiger charge is 2.47.